The van der Waals surface area contributed by atoms with Gasteiger partial charge >= 0.3 is 5.97 Å². The van der Waals surface area contributed by atoms with E-state index in [0.29, 0.717) is 15.3 Å². The summed E-state index contributed by atoms with van der Waals surface area (Å²) in [4.78, 5) is 51.9. The highest BCUT2D eigenvalue weighted by Crippen LogP contribution is 2.33. The van der Waals surface area contributed by atoms with Crippen molar-refractivity contribution in [1.29, 1.82) is 0 Å². The largest absolute Gasteiger partial charge is 0.508 e. The first-order valence-electron chi connectivity index (χ1n) is 11.4. The van der Waals surface area contributed by atoms with Crippen molar-refractivity contribution in [2.75, 3.05) is 13.7 Å². The Morgan fingerprint density at radius 3 is 2.32 bits per heavy atom. The average molecular weight is 544 g/mol. The van der Waals surface area contributed by atoms with Crippen molar-refractivity contribution in [3.63, 3.8) is 0 Å². The first-order valence-corrected chi connectivity index (χ1v) is 13.1. The zero-order chi connectivity index (χ0) is 27.2. The molecule has 9 nitrogen and oxygen atoms in total. The molecule has 1 unspecified atom stereocenters. The predicted octanol–water partition coefficient (Wildman–Crippen LogP) is 3.44. The number of hydrogen-bond donors (Lipinski definition) is 4. The molecule has 0 radical (unpaired) electrons. The number of methoxy groups -OCH3 is 1. The molecular formula is C26H29N3O6S2. The molecule has 2 aromatic heterocycles. The lowest BCUT2D eigenvalue weighted by molar-refractivity contribution is -0.142. The smallest absolute Gasteiger partial charge is 0.330 e. The van der Waals surface area contributed by atoms with E-state index < -0.39 is 23.3 Å². The number of aromatic hydroxyl groups is 1. The Labute approximate surface area is 222 Å². The molecule has 0 saturated heterocycles. The van der Waals surface area contributed by atoms with Crippen molar-refractivity contribution in [1.82, 2.24) is 16.0 Å². The van der Waals surface area contributed by atoms with Crippen LogP contribution in [-0.4, -0.2) is 48.5 Å². The molecular weight excluding hydrogens is 514 g/mol. The average Bonchev–Trinajstić information content (AvgIpc) is 3.55. The number of hydrogen-bond acceptors (Lipinski definition) is 8. The van der Waals surface area contributed by atoms with Crippen LogP contribution >= 0.6 is 22.7 Å². The topological polar surface area (TPSA) is 134 Å². The number of phenolic OH excluding ortho intramolecular Hbond substituents is 1. The number of phenols is 1. The molecule has 0 aliphatic rings. The Morgan fingerprint density at radius 1 is 0.973 bits per heavy atom. The maximum atomic E-state index is 13.3. The van der Waals surface area contributed by atoms with Gasteiger partial charge in [0.15, 0.2) is 0 Å². The maximum Gasteiger partial charge on any atom is 0.330 e. The van der Waals surface area contributed by atoms with E-state index in [2.05, 4.69) is 16.0 Å². The molecule has 1 aromatic carbocycles. The summed E-state index contributed by atoms with van der Waals surface area (Å²) in [6.07, 6.45) is 0. The van der Waals surface area contributed by atoms with Crippen LogP contribution in [0.4, 0.5) is 0 Å². The molecule has 0 aliphatic carbocycles. The fraction of sp³-hybridized carbons (Fsp3) is 0.308. The molecule has 37 heavy (non-hydrogen) atoms. The van der Waals surface area contributed by atoms with Crippen molar-refractivity contribution < 1.29 is 29.0 Å². The standard InChI is InChI=1S/C26H29N3O6S2/c1-26(2,3)17-12-20(23(32)27-13-15-7-5-8-16(30)11-15)37-21(17)24(33)29-18(25(34)35-4)14-28-22(31)19-9-6-10-36-19/h5-12,18,30H,13-14H2,1-4H3,(H,27,32)(H,28,31)(H,29,33). The summed E-state index contributed by atoms with van der Waals surface area (Å²) in [5, 5.41) is 19.5. The molecule has 196 valence electrons. The minimum atomic E-state index is -1.13. The van der Waals surface area contributed by atoms with Gasteiger partial charge < -0.3 is 25.8 Å². The molecule has 11 heteroatoms. The minimum absolute atomic E-state index is 0.101. The quantitative estimate of drug-likeness (QED) is 0.306. The van der Waals surface area contributed by atoms with E-state index in [-0.39, 0.29) is 35.5 Å². The van der Waals surface area contributed by atoms with E-state index in [4.69, 9.17) is 4.74 Å². The summed E-state index contributed by atoms with van der Waals surface area (Å²) in [6.45, 7) is 5.78. The van der Waals surface area contributed by atoms with Crippen molar-refractivity contribution >= 4 is 46.4 Å². The summed E-state index contributed by atoms with van der Waals surface area (Å²) in [6, 6.07) is 10.5. The summed E-state index contributed by atoms with van der Waals surface area (Å²) >= 11 is 2.27. The van der Waals surface area contributed by atoms with Crippen LogP contribution in [0, 0.1) is 0 Å². The van der Waals surface area contributed by atoms with Gasteiger partial charge in [-0.05, 0) is 46.2 Å². The maximum absolute atomic E-state index is 13.3. The molecule has 3 rings (SSSR count). The zero-order valence-corrected chi connectivity index (χ0v) is 22.5. The molecule has 1 atom stereocenters. The van der Waals surface area contributed by atoms with E-state index in [1.807, 2.05) is 20.8 Å². The fourth-order valence-electron chi connectivity index (χ4n) is 3.41. The predicted molar refractivity (Wildman–Crippen MR) is 142 cm³/mol. The number of thiophene rings is 2. The SMILES string of the molecule is COC(=O)C(CNC(=O)c1cccs1)NC(=O)c1sc(C(=O)NCc2cccc(O)c2)cc1C(C)(C)C. The second-order valence-electron chi connectivity index (χ2n) is 9.19. The van der Waals surface area contributed by atoms with Gasteiger partial charge in [0.05, 0.1) is 21.7 Å². The Bertz CT molecular complexity index is 1280. The Kier molecular flexibility index (Phi) is 9.06. The van der Waals surface area contributed by atoms with E-state index in [0.717, 1.165) is 16.9 Å². The Hall–Kier alpha value is -3.70. The van der Waals surface area contributed by atoms with Gasteiger partial charge in [-0.25, -0.2) is 4.79 Å². The Balaban J connectivity index is 1.76. The van der Waals surface area contributed by atoms with Gasteiger partial charge in [-0.3, -0.25) is 14.4 Å². The molecule has 0 spiro atoms. The lowest BCUT2D eigenvalue weighted by atomic mass is 9.87. The van der Waals surface area contributed by atoms with Crippen LogP contribution in [0.15, 0.2) is 47.8 Å². The summed E-state index contributed by atoms with van der Waals surface area (Å²) in [5.74, 6) is -1.90. The van der Waals surface area contributed by atoms with E-state index in [9.17, 15) is 24.3 Å². The third kappa shape index (κ3) is 7.40. The molecule has 2 heterocycles. The van der Waals surface area contributed by atoms with Crippen LogP contribution < -0.4 is 16.0 Å². The first-order chi connectivity index (χ1) is 17.5. The van der Waals surface area contributed by atoms with Crippen LogP contribution in [-0.2, 0) is 21.5 Å². The second kappa shape index (κ2) is 12.0. The van der Waals surface area contributed by atoms with Crippen LogP contribution in [0.2, 0.25) is 0 Å². The number of benzene rings is 1. The van der Waals surface area contributed by atoms with Crippen LogP contribution in [0.3, 0.4) is 0 Å². The van der Waals surface area contributed by atoms with Gasteiger partial charge in [0.25, 0.3) is 17.7 Å². The van der Waals surface area contributed by atoms with E-state index in [1.165, 1.54) is 18.4 Å². The van der Waals surface area contributed by atoms with Gasteiger partial charge in [-0.15, -0.1) is 22.7 Å². The van der Waals surface area contributed by atoms with Gasteiger partial charge in [0.1, 0.15) is 11.8 Å². The highest BCUT2D eigenvalue weighted by Gasteiger charge is 2.30. The van der Waals surface area contributed by atoms with E-state index >= 15 is 0 Å². The van der Waals surface area contributed by atoms with Crippen LogP contribution in [0.5, 0.6) is 5.75 Å². The van der Waals surface area contributed by atoms with Gasteiger partial charge in [0, 0.05) is 13.1 Å². The fourth-order valence-corrected chi connectivity index (χ4v) is 5.24. The number of esters is 1. The lowest BCUT2D eigenvalue weighted by Gasteiger charge is -2.21. The molecule has 0 bridgehead atoms. The first kappa shape index (κ1) is 27.9. The number of rotatable bonds is 9. The number of amides is 3. The highest BCUT2D eigenvalue weighted by molar-refractivity contribution is 7.16. The molecule has 0 fully saturated rings. The third-order valence-electron chi connectivity index (χ3n) is 5.34. The second-order valence-corrected chi connectivity index (χ2v) is 11.2. The number of carbonyl (C=O) groups is 4. The Morgan fingerprint density at radius 2 is 1.70 bits per heavy atom. The number of ether oxygens (including phenoxy) is 1. The number of nitrogens with one attached hydrogen (secondary N) is 3. The van der Waals surface area contributed by atoms with Gasteiger partial charge in [-0.1, -0.05) is 39.0 Å². The lowest BCUT2D eigenvalue weighted by Crippen LogP contribution is -2.49. The van der Waals surface area contributed by atoms with Crippen molar-refractivity contribution in [3.05, 3.63) is 73.6 Å². The summed E-state index contributed by atoms with van der Waals surface area (Å²) in [5.41, 5.74) is 0.898. The van der Waals surface area contributed by atoms with Crippen molar-refractivity contribution in [3.8, 4) is 5.75 Å². The van der Waals surface area contributed by atoms with Crippen molar-refractivity contribution in [2.45, 2.75) is 38.8 Å². The molecule has 3 amide bonds. The molecule has 0 saturated carbocycles. The van der Waals surface area contributed by atoms with Crippen molar-refractivity contribution in [2.24, 2.45) is 0 Å². The monoisotopic (exact) mass is 543 g/mol. The summed E-state index contributed by atoms with van der Waals surface area (Å²) < 4.78 is 4.81. The van der Waals surface area contributed by atoms with Gasteiger partial charge in [0.2, 0.25) is 0 Å². The summed E-state index contributed by atoms with van der Waals surface area (Å²) in [7, 11) is 1.20. The molecule has 3 aromatic rings. The molecule has 0 aliphatic heterocycles. The normalized spacial score (nSPS) is 11.9. The van der Waals surface area contributed by atoms with Gasteiger partial charge in [-0.2, -0.15) is 0 Å². The van der Waals surface area contributed by atoms with E-state index in [1.54, 1.807) is 47.8 Å². The zero-order valence-electron chi connectivity index (χ0n) is 20.9. The number of carbonyl (C=O) groups excluding carboxylic acids is 4. The van der Waals surface area contributed by atoms with Crippen LogP contribution in [0.25, 0.3) is 0 Å². The minimum Gasteiger partial charge on any atom is -0.508 e. The third-order valence-corrected chi connectivity index (χ3v) is 7.34. The highest BCUT2D eigenvalue weighted by atomic mass is 32.1. The molecule has 4 N–H and O–H groups in total. The van der Waals surface area contributed by atoms with Crippen LogP contribution in [0.1, 0.15) is 60.9 Å².